The van der Waals surface area contributed by atoms with Crippen molar-refractivity contribution in [2.45, 2.75) is 51.6 Å². The average Bonchev–Trinajstić information content (AvgIpc) is 2.74. The van der Waals surface area contributed by atoms with E-state index in [0.717, 1.165) is 6.42 Å². The van der Waals surface area contributed by atoms with Gasteiger partial charge in [-0.25, -0.2) is 8.78 Å². The molecule has 0 bridgehead atoms. The van der Waals surface area contributed by atoms with E-state index in [1.807, 2.05) is 13.8 Å². The van der Waals surface area contributed by atoms with Crippen LogP contribution in [-0.2, 0) is 21.9 Å². The monoisotopic (exact) mass is 468 g/mol. The Morgan fingerprint density at radius 3 is 2.42 bits per heavy atom. The predicted octanol–water partition coefficient (Wildman–Crippen LogP) is 5.18. The Morgan fingerprint density at radius 2 is 1.81 bits per heavy atom. The summed E-state index contributed by atoms with van der Waals surface area (Å²) in [6, 6.07) is 9.52. The number of thioether (sulfide) groups is 1. The van der Waals surface area contributed by atoms with Crippen molar-refractivity contribution in [3.63, 3.8) is 0 Å². The van der Waals surface area contributed by atoms with Gasteiger partial charge in [-0.2, -0.15) is 0 Å². The molecule has 31 heavy (non-hydrogen) atoms. The highest BCUT2D eigenvalue weighted by atomic mass is 35.5. The summed E-state index contributed by atoms with van der Waals surface area (Å²) < 4.78 is 27.2. The van der Waals surface area contributed by atoms with Crippen LogP contribution in [0.3, 0.4) is 0 Å². The van der Waals surface area contributed by atoms with Crippen LogP contribution in [0.4, 0.5) is 8.78 Å². The summed E-state index contributed by atoms with van der Waals surface area (Å²) in [7, 11) is 0. The summed E-state index contributed by atoms with van der Waals surface area (Å²) in [4.78, 5) is 27.1. The molecular weight excluding hydrogens is 442 g/mol. The molecule has 0 aromatic heterocycles. The lowest BCUT2D eigenvalue weighted by Crippen LogP contribution is -2.50. The minimum absolute atomic E-state index is 0.0182. The van der Waals surface area contributed by atoms with Gasteiger partial charge >= 0.3 is 0 Å². The Hall–Kier alpha value is -2.12. The van der Waals surface area contributed by atoms with Gasteiger partial charge < -0.3 is 10.2 Å². The first-order valence-electron chi connectivity index (χ1n) is 10.1. The summed E-state index contributed by atoms with van der Waals surface area (Å²) in [6.07, 6.45) is 0.767. The number of rotatable bonds is 10. The molecule has 2 rings (SSSR count). The van der Waals surface area contributed by atoms with Crippen molar-refractivity contribution in [2.24, 2.45) is 0 Å². The summed E-state index contributed by atoms with van der Waals surface area (Å²) in [5, 5.41) is 3.20. The molecule has 1 N–H and O–H groups in total. The fourth-order valence-corrected chi connectivity index (χ4v) is 4.08. The molecule has 0 radical (unpaired) electrons. The van der Waals surface area contributed by atoms with E-state index in [1.165, 1.54) is 40.9 Å². The maximum atomic E-state index is 14.0. The largest absolute Gasteiger partial charge is 0.352 e. The molecule has 0 saturated carbocycles. The van der Waals surface area contributed by atoms with E-state index in [2.05, 4.69) is 5.32 Å². The first kappa shape index (κ1) is 25.1. The fraction of sp³-hybridized carbons (Fsp3) is 0.391. The van der Waals surface area contributed by atoms with E-state index in [-0.39, 0.29) is 41.7 Å². The summed E-state index contributed by atoms with van der Waals surface area (Å²) in [5.74, 6) is -1.04. The zero-order valence-corrected chi connectivity index (χ0v) is 19.4. The molecule has 2 aromatic carbocycles. The number of hydrogen-bond donors (Lipinski definition) is 1. The van der Waals surface area contributed by atoms with Crippen molar-refractivity contribution in [1.82, 2.24) is 10.2 Å². The first-order chi connectivity index (χ1) is 14.7. The number of amides is 2. The van der Waals surface area contributed by atoms with Gasteiger partial charge in [-0.05, 0) is 50.1 Å². The lowest BCUT2D eigenvalue weighted by Gasteiger charge is -2.29. The van der Waals surface area contributed by atoms with Crippen LogP contribution < -0.4 is 5.32 Å². The van der Waals surface area contributed by atoms with Crippen LogP contribution in [-0.4, -0.2) is 34.6 Å². The van der Waals surface area contributed by atoms with Crippen LogP contribution in [0.5, 0.6) is 0 Å². The second-order valence-electron chi connectivity index (χ2n) is 7.33. The molecule has 168 valence electrons. The third-order valence-electron chi connectivity index (χ3n) is 4.97. The Labute approximate surface area is 191 Å². The van der Waals surface area contributed by atoms with Gasteiger partial charge in [0.15, 0.2) is 0 Å². The highest BCUT2D eigenvalue weighted by Gasteiger charge is 2.26. The van der Waals surface area contributed by atoms with Crippen molar-refractivity contribution in [3.05, 3.63) is 70.2 Å². The Bertz CT molecular complexity index is 875. The van der Waals surface area contributed by atoms with E-state index >= 15 is 0 Å². The molecular formula is C23H27ClF2N2O2S. The smallest absolute Gasteiger partial charge is 0.242 e. The molecule has 0 spiro atoms. The van der Waals surface area contributed by atoms with Crippen LogP contribution in [0.15, 0.2) is 42.5 Å². The van der Waals surface area contributed by atoms with Crippen LogP contribution >= 0.6 is 23.4 Å². The van der Waals surface area contributed by atoms with Crippen LogP contribution in [0, 0.1) is 11.6 Å². The van der Waals surface area contributed by atoms with E-state index in [1.54, 1.807) is 25.1 Å². The van der Waals surface area contributed by atoms with Crippen LogP contribution in [0.2, 0.25) is 5.02 Å². The molecule has 0 heterocycles. The number of carbonyl (C=O) groups is 2. The van der Waals surface area contributed by atoms with Gasteiger partial charge in [0.25, 0.3) is 0 Å². The fourth-order valence-electron chi connectivity index (χ4n) is 2.83. The maximum Gasteiger partial charge on any atom is 0.242 e. The van der Waals surface area contributed by atoms with Crippen LogP contribution in [0.1, 0.15) is 38.3 Å². The first-order valence-corrected chi connectivity index (χ1v) is 11.6. The van der Waals surface area contributed by atoms with Gasteiger partial charge in [0.1, 0.15) is 17.7 Å². The molecule has 0 saturated heterocycles. The molecule has 4 nitrogen and oxygen atoms in total. The molecule has 0 fully saturated rings. The maximum absolute atomic E-state index is 14.0. The van der Waals surface area contributed by atoms with E-state index in [9.17, 15) is 18.4 Å². The zero-order valence-electron chi connectivity index (χ0n) is 17.8. The minimum Gasteiger partial charge on any atom is -0.352 e. The number of nitrogens with one attached hydrogen (secondary N) is 1. The number of carbonyl (C=O) groups excluding carboxylic acids is 2. The molecule has 2 aromatic rings. The molecule has 0 aliphatic carbocycles. The second-order valence-corrected chi connectivity index (χ2v) is 8.73. The normalized spacial score (nSPS) is 12.8. The predicted molar refractivity (Wildman–Crippen MR) is 122 cm³/mol. The summed E-state index contributed by atoms with van der Waals surface area (Å²) in [5.41, 5.74) is 1.05. The number of benzene rings is 2. The topological polar surface area (TPSA) is 49.4 Å². The van der Waals surface area contributed by atoms with Crippen molar-refractivity contribution in [1.29, 1.82) is 0 Å². The van der Waals surface area contributed by atoms with E-state index < -0.39 is 11.9 Å². The van der Waals surface area contributed by atoms with Crippen molar-refractivity contribution in [2.75, 3.05) is 5.75 Å². The van der Waals surface area contributed by atoms with Gasteiger partial charge in [0.05, 0.1) is 5.75 Å². The molecule has 0 aliphatic rings. The molecule has 2 amide bonds. The van der Waals surface area contributed by atoms with E-state index in [4.69, 9.17) is 11.6 Å². The van der Waals surface area contributed by atoms with Gasteiger partial charge in [0, 0.05) is 28.9 Å². The number of halogens is 3. The standard InChI is InChI=1S/C23H27ClF2N2O2S/c1-4-15(2)27-23(30)16(3)28(12-17-8-10-18(25)11-9-17)22(29)14-31-13-19-20(24)6-5-7-21(19)26/h5-11,15-16H,4,12-14H2,1-3H3,(H,27,30)/t15-,16-/m0/s1. The highest BCUT2D eigenvalue weighted by Crippen LogP contribution is 2.24. The molecule has 8 heteroatoms. The number of hydrogen-bond acceptors (Lipinski definition) is 3. The number of nitrogens with zero attached hydrogens (tertiary/aromatic N) is 1. The quantitative estimate of drug-likeness (QED) is 0.522. The van der Waals surface area contributed by atoms with Crippen LogP contribution in [0.25, 0.3) is 0 Å². The summed E-state index contributed by atoms with van der Waals surface area (Å²) in [6.45, 7) is 5.68. The van der Waals surface area contributed by atoms with Crippen molar-refractivity contribution < 1.29 is 18.4 Å². The zero-order chi connectivity index (χ0) is 23.0. The molecule has 2 atom stereocenters. The molecule has 0 unspecified atom stereocenters. The van der Waals surface area contributed by atoms with Crippen molar-refractivity contribution >= 4 is 35.2 Å². The molecule has 0 aliphatic heterocycles. The van der Waals surface area contributed by atoms with Gasteiger partial charge in [-0.3, -0.25) is 9.59 Å². The second kappa shape index (κ2) is 12.1. The lowest BCUT2D eigenvalue weighted by atomic mass is 10.1. The third kappa shape index (κ3) is 7.51. The van der Waals surface area contributed by atoms with E-state index in [0.29, 0.717) is 16.1 Å². The van der Waals surface area contributed by atoms with Gasteiger partial charge in [0.2, 0.25) is 11.8 Å². The SMILES string of the molecule is CC[C@H](C)NC(=O)[C@H](C)N(Cc1ccc(F)cc1)C(=O)CSCc1c(F)cccc1Cl. The van der Waals surface area contributed by atoms with Gasteiger partial charge in [-0.1, -0.05) is 36.7 Å². The Morgan fingerprint density at radius 1 is 1.13 bits per heavy atom. The third-order valence-corrected chi connectivity index (χ3v) is 6.27. The Kier molecular flexibility index (Phi) is 9.78. The van der Waals surface area contributed by atoms with Gasteiger partial charge in [-0.15, -0.1) is 11.8 Å². The average molecular weight is 469 g/mol. The lowest BCUT2D eigenvalue weighted by molar-refractivity contribution is -0.138. The summed E-state index contributed by atoms with van der Waals surface area (Å²) >= 11 is 7.27. The van der Waals surface area contributed by atoms with Crippen molar-refractivity contribution in [3.8, 4) is 0 Å². The highest BCUT2D eigenvalue weighted by molar-refractivity contribution is 7.99. The minimum atomic E-state index is -0.718. The Balaban J connectivity index is 2.11.